The molecular formula is C19H24FN3O. The minimum Gasteiger partial charge on any atom is -0.336 e. The topological polar surface area (TPSA) is 38.1 Å². The lowest BCUT2D eigenvalue weighted by molar-refractivity contribution is -0.134. The molecule has 5 heteroatoms. The van der Waals surface area contributed by atoms with Crippen molar-refractivity contribution in [1.29, 1.82) is 0 Å². The van der Waals surface area contributed by atoms with Gasteiger partial charge in [0.1, 0.15) is 5.82 Å². The second-order valence-electron chi connectivity index (χ2n) is 6.54. The first-order valence-electron chi connectivity index (χ1n) is 8.67. The van der Waals surface area contributed by atoms with E-state index in [9.17, 15) is 9.18 Å². The van der Waals surface area contributed by atoms with Crippen molar-refractivity contribution in [2.75, 3.05) is 6.54 Å². The van der Waals surface area contributed by atoms with Crippen molar-refractivity contribution < 1.29 is 9.18 Å². The Kier molecular flexibility index (Phi) is 5.28. The molecule has 0 unspecified atom stereocenters. The molecule has 3 rings (SSSR count). The number of halogens is 1. The fourth-order valence-electron chi connectivity index (χ4n) is 3.41. The number of amides is 1. The van der Waals surface area contributed by atoms with Gasteiger partial charge in [0, 0.05) is 25.7 Å². The molecule has 0 aliphatic carbocycles. The van der Waals surface area contributed by atoms with Crippen molar-refractivity contribution >= 4 is 5.91 Å². The summed E-state index contributed by atoms with van der Waals surface area (Å²) in [5.41, 5.74) is 2.00. The third-order valence-corrected chi connectivity index (χ3v) is 4.62. The molecule has 1 atom stereocenters. The van der Waals surface area contributed by atoms with E-state index in [-0.39, 0.29) is 17.8 Å². The quantitative estimate of drug-likeness (QED) is 0.854. The summed E-state index contributed by atoms with van der Waals surface area (Å²) in [4.78, 5) is 14.7. The molecule has 2 heterocycles. The summed E-state index contributed by atoms with van der Waals surface area (Å²) >= 11 is 0. The number of hydrogen-bond donors (Lipinski definition) is 0. The van der Waals surface area contributed by atoms with E-state index >= 15 is 0 Å². The summed E-state index contributed by atoms with van der Waals surface area (Å²) in [6.07, 6.45) is 8.27. The fraction of sp³-hybridized carbons (Fsp3) is 0.474. The lowest BCUT2D eigenvalue weighted by Gasteiger charge is -2.30. The van der Waals surface area contributed by atoms with Crippen LogP contribution in [0.5, 0.6) is 0 Å². The Morgan fingerprint density at radius 2 is 2.21 bits per heavy atom. The number of rotatable bonds is 4. The average molecular weight is 329 g/mol. The van der Waals surface area contributed by atoms with E-state index in [2.05, 4.69) is 5.10 Å². The van der Waals surface area contributed by atoms with Gasteiger partial charge in [-0.2, -0.15) is 5.10 Å². The van der Waals surface area contributed by atoms with Crippen LogP contribution in [0.15, 0.2) is 36.7 Å². The lowest BCUT2D eigenvalue weighted by Crippen LogP contribution is -2.35. The highest BCUT2D eigenvalue weighted by Gasteiger charge is 2.26. The highest BCUT2D eigenvalue weighted by molar-refractivity contribution is 5.76. The van der Waals surface area contributed by atoms with Crippen LogP contribution in [-0.2, 0) is 11.3 Å². The Balaban J connectivity index is 1.72. The van der Waals surface area contributed by atoms with Gasteiger partial charge in [-0.25, -0.2) is 4.39 Å². The SMILES string of the molecule is Cc1cnn(CCC(=O)N2CCCCC[C@H]2c2cccc(F)c2)c1. The van der Waals surface area contributed by atoms with Crippen LogP contribution in [0, 0.1) is 12.7 Å². The van der Waals surface area contributed by atoms with Gasteiger partial charge in [-0.3, -0.25) is 9.48 Å². The van der Waals surface area contributed by atoms with E-state index in [1.807, 2.05) is 28.8 Å². The van der Waals surface area contributed by atoms with Crippen molar-refractivity contribution in [1.82, 2.24) is 14.7 Å². The summed E-state index contributed by atoms with van der Waals surface area (Å²) < 4.78 is 15.4. The molecule has 0 spiro atoms. The van der Waals surface area contributed by atoms with Crippen LogP contribution in [0.4, 0.5) is 4.39 Å². The molecule has 4 nitrogen and oxygen atoms in total. The Morgan fingerprint density at radius 3 is 2.96 bits per heavy atom. The first-order valence-corrected chi connectivity index (χ1v) is 8.67. The number of benzene rings is 1. The van der Waals surface area contributed by atoms with Crippen molar-refractivity contribution in [2.24, 2.45) is 0 Å². The fourth-order valence-corrected chi connectivity index (χ4v) is 3.41. The standard InChI is InChI=1S/C19H24FN3O/c1-15-13-21-22(14-15)11-9-19(24)23-10-4-2-3-8-18(23)16-6-5-7-17(20)12-16/h5-7,12-14,18H,2-4,8-11H2,1H3/t18-/m0/s1. The second kappa shape index (κ2) is 7.60. The van der Waals surface area contributed by atoms with Crippen LogP contribution in [-0.4, -0.2) is 27.1 Å². The second-order valence-corrected chi connectivity index (χ2v) is 6.54. The number of likely N-dealkylation sites (tertiary alicyclic amines) is 1. The lowest BCUT2D eigenvalue weighted by atomic mass is 10.0. The molecule has 128 valence electrons. The molecule has 0 saturated carbocycles. The van der Waals surface area contributed by atoms with Gasteiger partial charge in [-0.1, -0.05) is 25.0 Å². The molecule has 0 radical (unpaired) electrons. The van der Waals surface area contributed by atoms with Crippen molar-refractivity contribution in [3.05, 3.63) is 53.6 Å². The van der Waals surface area contributed by atoms with Gasteiger partial charge in [0.05, 0.1) is 12.2 Å². The third kappa shape index (κ3) is 4.02. The first-order chi connectivity index (χ1) is 11.6. The molecule has 24 heavy (non-hydrogen) atoms. The van der Waals surface area contributed by atoms with E-state index in [0.717, 1.165) is 43.4 Å². The molecule has 0 bridgehead atoms. The van der Waals surface area contributed by atoms with Gasteiger partial charge in [0.15, 0.2) is 0 Å². The van der Waals surface area contributed by atoms with Crippen molar-refractivity contribution in [3.63, 3.8) is 0 Å². The molecule has 1 aromatic carbocycles. The number of carbonyl (C=O) groups is 1. The van der Waals surface area contributed by atoms with Crippen LogP contribution in [0.3, 0.4) is 0 Å². The number of hydrogen-bond acceptors (Lipinski definition) is 2. The van der Waals surface area contributed by atoms with Gasteiger partial charge < -0.3 is 4.90 Å². The molecule has 1 aliphatic rings. The summed E-state index contributed by atoms with van der Waals surface area (Å²) in [5.74, 6) is -0.115. The maximum absolute atomic E-state index is 13.6. The highest BCUT2D eigenvalue weighted by Crippen LogP contribution is 2.31. The van der Waals surface area contributed by atoms with Crippen molar-refractivity contribution in [3.8, 4) is 0 Å². The van der Waals surface area contributed by atoms with Gasteiger partial charge >= 0.3 is 0 Å². The van der Waals surface area contributed by atoms with Crippen LogP contribution in [0.25, 0.3) is 0 Å². The number of nitrogens with zero attached hydrogens (tertiary/aromatic N) is 3. The Labute approximate surface area is 142 Å². The van der Waals surface area contributed by atoms with Crippen LogP contribution >= 0.6 is 0 Å². The smallest absolute Gasteiger partial charge is 0.224 e. The molecule has 2 aromatic rings. The first kappa shape index (κ1) is 16.7. The third-order valence-electron chi connectivity index (χ3n) is 4.62. The van der Waals surface area contributed by atoms with E-state index in [1.54, 1.807) is 18.3 Å². The van der Waals surface area contributed by atoms with Crippen LogP contribution in [0.2, 0.25) is 0 Å². The zero-order valence-corrected chi connectivity index (χ0v) is 14.1. The van der Waals surface area contributed by atoms with E-state index in [4.69, 9.17) is 0 Å². The minimum atomic E-state index is -0.240. The maximum atomic E-state index is 13.6. The molecule has 1 aromatic heterocycles. The van der Waals surface area contributed by atoms with Gasteiger partial charge in [0.25, 0.3) is 0 Å². The highest BCUT2D eigenvalue weighted by atomic mass is 19.1. The number of aryl methyl sites for hydroxylation is 2. The van der Waals surface area contributed by atoms with Gasteiger partial charge in [-0.15, -0.1) is 0 Å². The average Bonchev–Trinajstić information content (AvgIpc) is 2.84. The summed E-state index contributed by atoms with van der Waals surface area (Å²) in [6.45, 7) is 3.32. The van der Waals surface area contributed by atoms with E-state index < -0.39 is 0 Å². The van der Waals surface area contributed by atoms with Crippen LogP contribution < -0.4 is 0 Å². The van der Waals surface area contributed by atoms with Crippen LogP contribution in [0.1, 0.15) is 49.3 Å². The van der Waals surface area contributed by atoms with E-state index in [0.29, 0.717) is 13.0 Å². The number of aromatic nitrogens is 2. The molecule has 1 amide bonds. The van der Waals surface area contributed by atoms with Gasteiger partial charge in [0.2, 0.25) is 5.91 Å². The molecule has 1 aliphatic heterocycles. The maximum Gasteiger partial charge on any atom is 0.224 e. The minimum absolute atomic E-state index is 0.0185. The Bertz CT molecular complexity index is 697. The summed E-state index contributed by atoms with van der Waals surface area (Å²) in [7, 11) is 0. The zero-order valence-electron chi connectivity index (χ0n) is 14.1. The normalized spacial score (nSPS) is 18.4. The monoisotopic (exact) mass is 329 g/mol. The molecule has 0 N–H and O–H groups in total. The molecule has 1 saturated heterocycles. The van der Waals surface area contributed by atoms with Crippen molar-refractivity contribution in [2.45, 2.75) is 51.6 Å². The molecule has 1 fully saturated rings. The van der Waals surface area contributed by atoms with Gasteiger partial charge in [-0.05, 0) is 43.0 Å². The number of carbonyl (C=O) groups excluding carboxylic acids is 1. The zero-order chi connectivity index (χ0) is 16.9. The Morgan fingerprint density at radius 1 is 1.33 bits per heavy atom. The predicted octanol–water partition coefficient (Wildman–Crippen LogP) is 3.86. The predicted molar refractivity (Wildman–Crippen MR) is 90.9 cm³/mol. The largest absolute Gasteiger partial charge is 0.336 e. The summed E-state index contributed by atoms with van der Waals surface area (Å²) in [5, 5.41) is 4.24. The Hall–Kier alpha value is -2.17. The van der Waals surface area contributed by atoms with E-state index in [1.165, 1.54) is 6.07 Å². The summed E-state index contributed by atoms with van der Waals surface area (Å²) in [6, 6.07) is 6.65. The molecular weight excluding hydrogens is 305 g/mol.